The summed E-state index contributed by atoms with van der Waals surface area (Å²) in [6.45, 7) is 4.09. The Morgan fingerprint density at radius 2 is 2.00 bits per heavy atom. The first kappa shape index (κ1) is 16.6. The molecule has 0 radical (unpaired) electrons. The van der Waals surface area contributed by atoms with Gasteiger partial charge in [-0.05, 0) is 12.5 Å². The first-order chi connectivity index (χ1) is 10.5. The van der Waals surface area contributed by atoms with Crippen LogP contribution in [0.25, 0.3) is 0 Å². The van der Waals surface area contributed by atoms with Gasteiger partial charge in [-0.1, -0.05) is 32.0 Å². The average molecular weight is 325 g/mol. The molecule has 1 heterocycles. The van der Waals surface area contributed by atoms with E-state index in [-0.39, 0.29) is 11.6 Å². The number of aromatic amines is 1. The molecular formula is C15H20FN3O2S. The second-order valence-electron chi connectivity index (χ2n) is 4.98. The van der Waals surface area contributed by atoms with E-state index in [9.17, 15) is 12.8 Å². The van der Waals surface area contributed by atoms with Crippen LogP contribution in [0.15, 0.2) is 35.5 Å². The third-order valence-corrected chi connectivity index (χ3v) is 5.09. The summed E-state index contributed by atoms with van der Waals surface area (Å²) in [4.78, 5) is 6.84. The Morgan fingerprint density at radius 1 is 1.27 bits per heavy atom. The number of H-pyrrole nitrogens is 1. The van der Waals surface area contributed by atoms with Crippen molar-refractivity contribution in [2.24, 2.45) is 0 Å². The molecule has 0 saturated carbocycles. The first-order valence-electron chi connectivity index (χ1n) is 7.26. The summed E-state index contributed by atoms with van der Waals surface area (Å²) in [5, 5.41) is 0.0501. The van der Waals surface area contributed by atoms with E-state index in [1.807, 2.05) is 13.8 Å². The van der Waals surface area contributed by atoms with E-state index in [0.717, 1.165) is 0 Å². The summed E-state index contributed by atoms with van der Waals surface area (Å²) in [7, 11) is -3.72. The highest BCUT2D eigenvalue weighted by Gasteiger charge is 2.26. The molecular weight excluding hydrogens is 305 g/mol. The van der Waals surface area contributed by atoms with Gasteiger partial charge in [-0.2, -0.15) is 4.31 Å². The number of hydrogen-bond donors (Lipinski definition) is 1. The van der Waals surface area contributed by atoms with Crippen molar-refractivity contribution in [1.82, 2.24) is 14.3 Å². The lowest BCUT2D eigenvalue weighted by Gasteiger charge is -2.21. The number of sulfonamides is 1. The molecule has 22 heavy (non-hydrogen) atoms. The molecule has 0 unspecified atom stereocenters. The van der Waals surface area contributed by atoms with Gasteiger partial charge in [0.25, 0.3) is 10.0 Å². The van der Waals surface area contributed by atoms with E-state index in [0.29, 0.717) is 30.8 Å². The molecule has 2 rings (SSSR count). The number of nitrogens with one attached hydrogen (secondary N) is 1. The van der Waals surface area contributed by atoms with Gasteiger partial charge in [-0.15, -0.1) is 0 Å². The predicted octanol–water partition coefficient (Wildman–Crippen LogP) is 2.71. The number of benzene rings is 1. The highest BCUT2D eigenvalue weighted by molar-refractivity contribution is 7.89. The van der Waals surface area contributed by atoms with Gasteiger partial charge in [0.2, 0.25) is 0 Å². The van der Waals surface area contributed by atoms with Gasteiger partial charge in [-0.25, -0.2) is 17.8 Å². The summed E-state index contributed by atoms with van der Waals surface area (Å²) in [5.41, 5.74) is 0.356. The van der Waals surface area contributed by atoms with E-state index in [2.05, 4.69) is 9.97 Å². The summed E-state index contributed by atoms with van der Waals surface area (Å²) < 4.78 is 40.5. The summed E-state index contributed by atoms with van der Waals surface area (Å²) >= 11 is 0. The molecule has 0 spiro atoms. The molecule has 0 aliphatic heterocycles. The van der Waals surface area contributed by atoms with Gasteiger partial charge in [0.1, 0.15) is 11.6 Å². The van der Waals surface area contributed by atoms with Crippen LogP contribution in [0, 0.1) is 5.82 Å². The van der Waals surface area contributed by atoms with Gasteiger partial charge < -0.3 is 4.98 Å². The molecule has 120 valence electrons. The third-order valence-electron chi connectivity index (χ3n) is 3.34. The smallest absolute Gasteiger partial charge is 0.260 e. The van der Waals surface area contributed by atoms with E-state index in [1.165, 1.54) is 16.6 Å². The van der Waals surface area contributed by atoms with Gasteiger partial charge >= 0.3 is 0 Å². The van der Waals surface area contributed by atoms with Crippen LogP contribution in [-0.2, 0) is 23.0 Å². The van der Waals surface area contributed by atoms with Crippen LogP contribution in [0.4, 0.5) is 4.39 Å². The van der Waals surface area contributed by atoms with Crippen molar-refractivity contribution in [3.05, 3.63) is 47.7 Å². The van der Waals surface area contributed by atoms with Crippen LogP contribution in [-0.4, -0.2) is 29.2 Å². The Hall–Kier alpha value is -1.73. The first-order valence-corrected chi connectivity index (χ1v) is 8.70. The van der Waals surface area contributed by atoms with Crippen LogP contribution < -0.4 is 0 Å². The molecule has 0 bridgehead atoms. The quantitative estimate of drug-likeness (QED) is 0.851. The van der Waals surface area contributed by atoms with Crippen molar-refractivity contribution in [3.8, 4) is 0 Å². The minimum absolute atomic E-state index is 0.00330. The van der Waals surface area contributed by atoms with Crippen molar-refractivity contribution in [2.45, 2.75) is 38.3 Å². The minimum Gasteiger partial charge on any atom is -0.332 e. The Bertz CT molecular complexity index is 728. The zero-order valence-corrected chi connectivity index (χ0v) is 13.5. The Kier molecular flexibility index (Phi) is 5.31. The minimum atomic E-state index is -3.72. The van der Waals surface area contributed by atoms with Gasteiger partial charge in [-0.3, -0.25) is 0 Å². The van der Waals surface area contributed by atoms with Crippen molar-refractivity contribution in [3.63, 3.8) is 0 Å². The molecule has 1 aromatic heterocycles. The predicted molar refractivity (Wildman–Crippen MR) is 82.3 cm³/mol. The second-order valence-corrected chi connectivity index (χ2v) is 6.88. The molecule has 7 heteroatoms. The lowest BCUT2D eigenvalue weighted by atomic mass is 10.2. The van der Waals surface area contributed by atoms with Crippen molar-refractivity contribution < 1.29 is 12.8 Å². The van der Waals surface area contributed by atoms with E-state index < -0.39 is 15.8 Å². The number of hydrogen-bond acceptors (Lipinski definition) is 3. The topological polar surface area (TPSA) is 66.1 Å². The summed E-state index contributed by atoms with van der Waals surface area (Å²) in [5.74, 6) is 0.207. The fourth-order valence-electron chi connectivity index (χ4n) is 2.14. The maximum absolute atomic E-state index is 13.8. The normalized spacial score (nSPS) is 12.0. The lowest BCUT2D eigenvalue weighted by molar-refractivity contribution is 0.397. The van der Waals surface area contributed by atoms with Crippen molar-refractivity contribution in [2.75, 3.05) is 6.54 Å². The molecule has 0 fully saturated rings. The second kappa shape index (κ2) is 7.02. The maximum atomic E-state index is 13.8. The number of halogens is 1. The highest BCUT2D eigenvalue weighted by Crippen LogP contribution is 2.19. The SMILES string of the molecule is CCCN(Cc1ccccc1F)S(=O)(=O)c1cnc(CC)[nH]1. The maximum Gasteiger partial charge on any atom is 0.260 e. The van der Waals surface area contributed by atoms with Gasteiger partial charge in [0.05, 0.1) is 6.20 Å². The Morgan fingerprint density at radius 3 is 2.59 bits per heavy atom. The van der Waals surface area contributed by atoms with Crippen LogP contribution in [0.3, 0.4) is 0 Å². The molecule has 0 saturated heterocycles. The standard InChI is InChI=1S/C15H20FN3O2S/c1-3-9-19(11-12-7-5-6-8-13(12)16)22(20,21)15-10-17-14(4-2)18-15/h5-8,10H,3-4,9,11H2,1-2H3,(H,17,18). The molecule has 0 amide bonds. The monoisotopic (exact) mass is 325 g/mol. The van der Waals surface area contributed by atoms with Crippen LogP contribution >= 0.6 is 0 Å². The largest absolute Gasteiger partial charge is 0.332 e. The Labute approximate surface area is 130 Å². The van der Waals surface area contributed by atoms with Gasteiger partial charge in [0.15, 0.2) is 5.03 Å². The number of nitrogens with zero attached hydrogens (tertiary/aromatic N) is 2. The molecule has 1 N–H and O–H groups in total. The van der Waals surface area contributed by atoms with Crippen molar-refractivity contribution >= 4 is 10.0 Å². The molecule has 0 atom stereocenters. The zero-order chi connectivity index (χ0) is 16.2. The van der Waals surface area contributed by atoms with Crippen LogP contribution in [0.5, 0.6) is 0 Å². The average Bonchev–Trinajstić information content (AvgIpc) is 2.98. The Balaban J connectivity index is 2.32. The number of rotatable bonds is 7. The number of aromatic nitrogens is 2. The number of imidazole rings is 1. The summed E-state index contributed by atoms with van der Waals surface area (Å²) in [6, 6.07) is 6.20. The lowest BCUT2D eigenvalue weighted by Crippen LogP contribution is -2.32. The molecule has 0 aliphatic rings. The third kappa shape index (κ3) is 3.53. The van der Waals surface area contributed by atoms with Crippen LogP contribution in [0.2, 0.25) is 0 Å². The zero-order valence-electron chi connectivity index (χ0n) is 12.7. The molecule has 5 nitrogen and oxygen atoms in total. The van der Waals surface area contributed by atoms with Crippen LogP contribution in [0.1, 0.15) is 31.7 Å². The number of aryl methyl sites for hydroxylation is 1. The fraction of sp³-hybridized carbons (Fsp3) is 0.400. The van der Waals surface area contributed by atoms with E-state index >= 15 is 0 Å². The summed E-state index contributed by atoms with van der Waals surface area (Å²) in [6.07, 6.45) is 2.58. The van der Waals surface area contributed by atoms with E-state index in [1.54, 1.807) is 18.2 Å². The molecule has 1 aromatic carbocycles. The fourth-order valence-corrected chi connectivity index (χ4v) is 3.59. The van der Waals surface area contributed by atoms with Gasteiger partial charge in [0, 0.05) is 25.1 Å². The van der Waals surface area contributed by atoms with E-state index in [4.69, 9.17) is 0 Å². The van der Waals surface area contributed by atoms with Crippen molar-refractivity contribution in [1.29, 1.82) is 0 Å². The molecule has 0 aliphatic carbocycles. The molecule has 2 aromatic rings. The highest BCUT2D eigenvalue weighted by atomic mass is 32.2.